The van der Waals surface area contributed by atoms with Crippen molar-refractivity contribution in [1.82, 2.24) is 0 Å². The van der Waals surface area contributed by atoms with Crippen LogP contribution < -0.4 is 0 Å². The highest BCUT2D eigenvalue weighted by Crippen LogP contribution is 2.25. The molecule has 1 aromatic rings. The molecule has 1 unspecified atom stereocenters. The van der Waals surface area contributed by atoms with E-state index < -0.39 is 0 Å². The van der Waals surface area contributed by atoms with Crippen molar-refractivity contribution < 1.29 is 5.11 Å². The first kappa shape index (κ1) is 10.3. The minimum atomic E-state index is 0.227. The first-order valence-electron chi connectivity index (χ1n) is 4.75. The van der Waals surface area contributed by atoms with Gasteiger partial charge in [0.15, 0.2) is 0 Å². The molecule has 0 bridgehead atoms. The first-order chi connectivity index (χ1) is 6.07. The number of hydrogen-bond acceptors (Lipinski definition) is 1. The number of hydrogen-bond donors (Lipinski definition) is 1. The molecule has 0 aliphatic rings. The van der Waals surface area contributed by atoms with Crippen LogP contribution in [0.25, 0.3) is 0 Å². The molecular formula is C12H18O. The monoisotopic (exact) mass is 178 g/mol. The normalized spacial score (nSPS) is 13.0. The van der Waals surface area contributed by atoms with Crippen LogP contribution in [0.5, 0.6) is 0 Å². The summed E-state index contributed by atoms with van der Waals surface area (Å²) in [6, 6.07) is 4.27. The zero-order valence-electron chi connectivity index (χ0n) is 8.89. The van der Waals surface area contributed by atoms with Gasteiger partial charge < -0.3 is 5.11 Å². The molecule has 1 atom stereocenters. The molecule has 13 heavy (non-hydrogen) atoms. The van der Waals surface area contributed by atoms with Crippen molar-refractivity contribution in [3.63, 3.8) is 0 Å². The van der Waals surface area contributed by atoms with Crippen LogP contribution in [-0.2, 0) is 0 Å². The summed E-state index contributed by atoms with van der Waals surface area (Å²) in [5.41, 5.74) is 5.22. The van der Waals surface area contributed by atoms with Gasteiger partial charge in [-0.2, -0.15) is 0 Å². The summed E-state index contributed by atoms with van der Waals surface area (Å²) in [5, 5.41) is 9.13. The molecule has 1 heteroatoms. The zero-order valence-corrected chi connectivity index (χ0v) is 8.89. The Labute approximate surface area is 80.4 Å². The van der Waals surface area contributed by atoms with E-state index in [1.807, 2.05) is 0 Å². The Morgan fingerprint density at radius 1 is 1.15 bits per heavy atom. The van der Waals surface area contributed by atoms with Crippen LogP contribution in [0.4, 0.5) is 0 Å². The number of aryl methyl sites for hydroxylation is 2. The lowest BCUT2D eigenvalue weighted by atomic mass is 9.90. The van der Waals surface area contributed by atoms with Gasteiger partial charge in [0.1, 0.15) is 0 Å². The predicted molar refractivity (Wildman–Crippen MR) is 56.2 cm³/mol. The Balaban J connectivity index is 3.25. The third-order valence-corrected chi connectivity index (χ3v) is 2.77. The Morgan fingerprint density at radius 2 is 1.69 bits per heavy atom. The summed E-state index contributed by atoms with van der Waals surface area (Å²) >= 11 is 0. The fourth-order valence-electron chi connectivity index (χ4n) is 1.82. The van der Waals surface area contributed by atoms with Crippen LogP contribution in [-0.4, -0.2) is 11.7 Å². The van der Waals surface area contributed by atoms with Crippen molar-refractivity contribution in [3.05, 3.63) is 34.4 Å². The molecule has 0 spiro atoms. The van der Waals surface area contributed by atoms with E-state index in [2.05, 4.69) is 39.8 Å². The van der Waals surface area contributed by atoms with Crippen molar-refractivity contribution in [2.24, 2.45) is 0 Å². The number of aliphatic hydroxyl groups is 1. The van der Waals surface area contributed by atoms with Gasteiger partial charge >= 0.3 is 0 Å². The highest BCUT2D eigenvalue weighted by Gasteiger charge is 2.11. The lowest BCUT2D eigenvalue weighted by Gasteiger charge is -2.16. The predicted octanol–water partition coefficient (Wildman–Crippen LogP) is 2.71. The Kier molecular flexibility index (Phi) is 3.10. The molecule has 1 N–H and O–H groups in total. The second kappa shape index (κ2) is 3.93. The van der Waals surface area contributed by atoms with E-state index in [0.717, 1.165) is 0 Å². The number of rotatable bonds is 2. The quantitative estimate of drug-likeness (QED) is 0.738. The van der Waals surface area contributed by atoms with E-state index in [0.29, 0.717) is 0 Å². The summed E-state index contributed by atoms with van der Waals surface area (Å²) in [6.45, 7) is 8.64. The largest absolute Gasteiger partial charge is 0.396 e. The van der Waals surface area contributed by atoms with Crippen molar-refractivity contribution in [2.75, 3.05) is 6.61 Å². The summed E-state index contributed by atoms with van der Waals surface area (Å²) in [4.78, 5) is 0. The van der Waals surface area contributed by atoms with Gasteiger partial charge in [-0.25, -0.2) is 0 Å². The molecule has 1 nitrogen and oxygen atoms in total. The maximum absolute atomic E-state index is 9.13. The second-order valence-corrected chi connectivity index (χ2v) is 3.82. The fraction of sp³-hybridized carbons (Fsp3) is 0.500. The summed E-state index contributed by atoms with van der Waals surface area (Å²) < 4.78 is 0. The van der Waals surface area contributed by atoms with Gasteiger partial charge in [0.05, 0.1) is 0 Å². The average Bonchev–Trinajstić information content (AvgIpc) is 2.12. The van der Waals surface area contributed by atoms with Crippen molar-refractivity contribution in [2.45, 2.75) is 33.6 Å². The van der Waals surface area contributed by atoms with Gasteiger partial charge in [-0.05, 0) is 43.0 Å². The lowest BCUT2D eigenvalue weighted by molar-refractivity contribution is 0.272. The van der Waals surface area contributed by atoms with E-state index in [9.17, 15) is 0 Å². The van der Waals surface area contributed by atoms with Gasteiger partial charge in [-0.15, -0.1) is 0 Å². The maximum Gasteiger partial charge on any atom is 0.0497 e. The maximum atomic E-state index is 9.13. The molecule has 0 aliphatic heterocycles. The van der Waals surface area contributed by atoms with Gasteiger partial charge in [0, 0.05) is 12.5 Å². The molecule has 0 amide bonds. The lowest BCUT2D eigenvalue weighted by Crippen LogP contribution is -2.05. The van der Waals surface area contributed by atoms with E-state index in [1.54, 1.807) is 0 Å². The Bertz CT molecular complexity index is 302. The van der Waals surface area contributed by atoms with E-state index in [-0.39, 0.29) is 12.5 Å². The fourth-order valence-corrected chi connectivity index (χ4v) is 1.82. The molecular weight excluding hydrogens is 160 g/mol. The van der Waals surface area contributed by atoms with Crippen LogP contribution in [0.15, 0.2) is 12.1 Å². The van der Waals surface area contributed by atoms with Crippen LogP contribution in [0.2, 0.25) is 0 Å². The average molecular weight is 178 g/mol. The van der Waals surface area contributed by atoms with E-state index in [1.165, 1.54) is 22.3 Å². The summed E-state index contributed by atoms with van der Waals surface area (Å²) in [5.74, 6) is 0.250. The summed E-state index contributed by atoms with van der Waals surface area (Å²) in [6.07, 6.45) is 0. The van der Waals surface area contributed by atoms with Gasteiger partial charge in [0.2, 0.25) is 0 Å². The van der Waals surface area contributed by atoms with Gasteiger partial charge in [-0.3, -0.25) is 0 Å². The smallest absolute Gasteiger partial charge is 0.0497 e. The second-order valence-electron chi connectivity index (χ2n) is 3.82. The SMILES string of the molecule is Cc1ccc(C)c(C(C)CO)c1C. The Morgan fingerprint density at radius 3 is 2.23 bits per heavy atom. The molecule has 0 saturated heterocycles. The van der Waals surface area contributed by atoms with E-state index >= 15 is 0 Å². The standard InChI is InChI=1S/C12H18O/c1-8-5-6-9(2)12(11(8)4)10(3)7-13/h5-6,10,13H,7H2,1-4H3. The zero-order chi connectivity index (χ0) is 10.0. The van der Waals surface area contributed by atoms with Crippen molar-refractivity contribution in [3.8, 4) is 0 Å². The topological polar surface area (TPSA) is 20.2 Å². The number of benzene rings is 1. The molecule has 1 aromatic carbocycles. The molecule has 0 radical (unpaired) electrons. The van der Waals surface area contributed by atoms with Crippen LogP contribution in [0, 0.1) is 20.8 Å². The molecule has 0 fully saturated rings. The molecule has 1 rings (SSSR count). The third kappa shape index (κ3) is 1.92. The first-order valence-corrected chi connectivity index (χ1v) is 4.75. The molecule has 0 heterocycles. The van der Waals surface area contributed by atoms with Crippen molar-refractivity contribution in [1.29, 1.82) is 0 Å². The molecule has 0 aromatic heterocycles. The Hall–Kier alpha value is -0.820. The number of aliphatic hydroxyl groups excluding tert-OH is 1. The van der Waals surface area contributed by atoms with Crippen LogP contribution >= 0.6 is 0 Å². The molecule has 0 aliphatic carbocycles. The minimum absolute atomic E-state index is 0.227. The van der Waals surface area contributed by atoms with Gasteiger partial charge in [0.25, 0.3) is 0 Å². The van der Waals surface area contributed by atoms with Gasteiger partial charge in [-0.1, -0.05) is 19.1 Å². The highest BCUT2D eigenvalue weighted by molar-refractivity contribution is 5.41. The van der Waals surface area contributed by atoms with Crippen LogP contribution in [0.3, 0.4) is 0 Å². The molecule has 72 valence electrons. The van der Waals surface area contributed by atoms with E-state index in [4.69, 9.17) is 5.11 Å². The van der Waals surface area contributed by atoms with Crippen LogP contribution in [0.1, 0.15) is 35.1 Å². The highest BCUT2D eigenvalue weighted by atomic mass is 16.3. The third-order valence-electron chi connectivity index (χ3n) is 2.77. The minimum Gasteiger partial charge on any atom is -0.396 e. The molecule has 0 saturated carbocycles. The summed E-state index contributed by atoms with van der Waals surface area (Å²) in [7, 11) is 0. The van der Waals surface area contributed by atoms with Crippen molar-refractivity contribution >= 4 is 0 Å².